The summed E-state index contributed by atoms with van der Waals surface area (Å²) < 4.78 is 4.52. The van der Waals surface area contributed by atoms with Crippen molar-refractivity contribution in [2.24, 2.45) is 17.8 Å². The van der Waals surface area contributed by atoms with Crippen LogP contribution in [0, 0.1) is 17.8 Å². The number of carbonyl (C=O) groups excluding carboxylic acids is 3. The molecule has 0 aliphatic carbocycles. The Morgan fingerprint density at radius 3 is 2.49 bits per heavy atom. The summed E-state index contributed by atoms with van der Waals surface area (Å²) in [5.41, 5.74) is 1.59. The molecule has 6 atom stereocenters. The third-order valence-corrected chi connectivity index (χ3v) is 10.3. The average Bonchev–Trinajstić information content (AvgIpc) is 3.58. The average molecular weight is 552 g/mol. The van der Waals surface area contributed by atoms with Gasteiger partial charge in [-0.25, -0.2) is 0 Å². The summed E-state index contributed by atoms with van der Waals surface area (Å²) in [5, 5.41) is 16.4. The summed E-state index contributed by atoms with van der Waals surface area (Å²) in [4.78, 5) is 43.4. The minimum Gasteiger partial charge on any atom is -0.497 e. The van der Waals surface area contributed by atoms with Crippen LogP contribution in [-0.2, 0) is 20.9 Å². The molecule has 3 heterocycles. The molecule has 2 aromatic carbocycles. The van der Waals surface area contributed by atoms with Crippen LogP contribution in [-0.4, -0.2) is 63.5 Å². The fourth-order valence-electron chi connectivity index (χ4n) is 6.69. The van der Waals surface area contributed by atoms with E-state index >= 15 is 0 Å². The van der Waals surface area contributed by atoms with Gasteiger partial charge in [0.05, 0.1) is 36.3 Å². The second kappa shape index (κ2) is 11.2. The minimum atomic E-state index is -0.782. The number of methoxy groups -OCH3 is 1. The van der Waals surface area contributed by atoms with Gasteiger partial charge >= 0.3 is 0 Å². The molecule has 1 spiro atoms. The Kier molecular flexibility index (Phi) is 7.91. The number of ether oxygens (including phenoxy) is 1. The summed E-state index contributed by atoms with van der Waals surface area (Å²) in [6, 6.07) is 15.5. The van der Waals surface area contributed by atoms with Gasteiger partial charge in [-0.05, 0) is 55.0 Å². The Labute approximate surface area is 233 Å². The van der Waals surface area contributed by atoms with Gasteiger partial charge in [-0.1, -0.05) is 44.2 Å². The van der Waals surface area contributed by atoms with Crippen LogP contribution in [0.15, 0.2) is 54.6 Å². The van der Waals surface area contributed by atoms with Gasteiger partial charge in [-0.15, -0.1) is 11.8 Å². The maximum Gasteiger partial charge on any atom is 0.248 e. The number of aliphatic hydroxyl groups excluding tert-OH is 1. The molecular formula is C30H37N3O5S. The van der Waals surface area contributed by atoms with Gasteiger partial charge in [0.1, 0.15) is 11.8 Å². The van der Waals surface area contributed by atoms with Crippen LogP contribution in [0.3, 0.4) is 0 Å². The summed E-state index contributed by atoms with van der Waals surface area (Å²) in [7, 11) is 1.58. The van der Waals surface area contributed by atoms with Gasteiger partial charge in [-0.2, -0.15) is 0 Å². The third-order valence-electron chi connectivity index (χ3n) is 8.30. The standard InChI is InChI=1S/C30H37N3O5S/c1-18(2)15-21(17-34)33-26(28(36)32-20-9-11-22(38-3)12-10-20)30-14-13-23(39-30)24(25(30)29(33)37)27(35)31-16-19-7-5-4-6-8-19/h4-12,18,21,23-26,34H,13-17H2,1-3H3,(H,31,35)(H,32,36)/t21-,23+,24-,25+,26?,30?/m1/s1. The zero-order valence-electron chi connectivity index (χ0n) is 22.6. The quantitative estimate of drug-likeness (QED) is 0.418. The highest BCUT2D eigenvalue weighted by Crippen LogP contribution is 2.66. The van der Waals surface area contributed by atoms with E-state index in [1.165, 1.54) is 0 Å². The lowest BCUT2D eigenvalue weighted by Gasteiger charge is -2.37. The summed E-state index contributed by atoms with van der Waals surface area (Å²) in [6.07, 6.45) is 2.01. The Bertz CT molecular complexity index is 1210. The van der Waals surface area contributed by atoms with Crippen LogP contribution in [0.25, 0.3) is 0 Å². The van der Waals surface area contributed by atoms with Gasteiger partial charge in [0, 0.05) is 17.5 Å². The van der Waals surface area contributed by atoms with Gasteiger partial charge in [0.15, 0.2) is 0 Å². The van der Waals surface area contributed by atoms with Crippen molar-refractivity contribution in [1.29, 1.82) is 0 Å². The molecule has 5 rings (SSSR count). The van der Waals surface area contributed by atoms with Crippen LogP contribution in [0.1, 0.15) is 38.7 Å². The number of likely N-dealkylation sites (tertiary alicyclic amines) is 1. The molecule has 0 aromatic heterocycles. The molecule has 8 nitrogen and oxygen atoms in total. The van der Waals surface area contributed by atoms with Gasteiger partial charge in [0.2, 0.25) is 17.7 Å². The van der Waals surface area contributed by atoms with E-state index in [0.29, 0.717) is 30.8 Å². The fourth-order valence-corrected chi connectivity index (χ4v) is 8.90. The van der Waals surface area contributed by atoms with Crippen molar-refractivity contribution < 1.29 is 24.2 Å². The Morgan fingerprint density at radius 2 is 1.85 bits per heavy atom. The lowest BCUT2D eigenvalue weighted by molar-refractivity contribution is -0.142. The first kappa shape index (κ1) is 27.5. The van der Waals surface area contributed by atoms with Crippen LogP contribution in [0.4, 0.5) is 5.69 Å². The minimum absolute atomic E-state index is 0.0224. The zero-order chi connectivity index (χ0) is 27.7. The second-order valence-electron chi connectivity index (χ2n) is 11.2. The highest BCUT2D eigenvalue weighted by molar-refractivity contribution is 8.02. The number of carbonyl (C=O) groups is 3. The predicted octanol–water partition coefficient (Wildman–Crippen LogP) is 3.45. The number of hydrogen-bond acceptors (Lipinski definition) is 6. The molecular weight excluding hydrogens is 514 g/mol. The molecule has 3 N–H and O–H groups in total. The Balaban J connectivity index is 1.45. The monoisotopic (exact) mass is 551 g/mol. The SMILES string of the molecule is COc1ccc(NC(=O)C2N([C@@H](CO)CC(C)C)C(=O)[C@@H]3[C@H](C(=O)NCc4ccccc4)[C@@H]4CCC23S4)cc1. The van der Waals surface area contributed by atoms with Crippen molar-refractivity contribution in [3.63, 3.8) is 0 Å². The number of benzene rings is 2. The van der Waals surface area contributed by atoms with E-state index in [9.17, 15) is 19.5 Å². The van der Waals surface area contributed by atoms with Crippen LogP contribution >= 0.6 is 11.8 Å². The number of hydrogen-bond donors (Lipinski definition) is 3. The third kappa shape index (κ3) is 5.02. The lowest BCUT2D eigenvalue weighted by Crippen LogP contribution is -2.55. The highest BCUT2D eigenvalue weighted by Gasteiger charge is 2.74. The van der Waals surface area contributed by atoms with Crippen molar-refractivity contribution in [3.8, 4) is 5.75 Å². The van der Waals surface area contributed by atoms with Crippen LogP contribution in [0.5, 0.6) is 5.75 Å². The number of amides is 3. The number of anilines is 1. The first-order chi connectivity index (χ1) is 18.8. The normalized spacial score (nSPS) is 27.9. The molecule has 3 fully saturated rings. The van der Waals surface area contributed by atoms with Crippen molar-refractivity contribution in [1.82, 2.24) is 10.2 Å². The largest absolute Gasteiger partial charge is 0.497 e. The predicted molar refractivity (Wildman–Crippen MR) is 151 cm³/mol. The molecule has 3 aliphatic rings. The summed E-state index contributed by atoms with van der Waals surface area (Å²) >= 11 is 1.63. The molecule has 9 heteroatoms. The van der Waals surface area contributed by atoms with E-state index in [-0.39, 0.29) is 35.5 Å². The maximum atomic E-state index is 14.2. The smallest absolute Gasteiger partial charge is 0.248 e. The number of nitrogens with one attached hydrogen (secondary N) is 2. The van der Waals surface area contributed by atoms with E-state index in [2.05, 4.69) is 10.6 Å². The van der Waals surface area contributed by atoms with E-state index < -0.39 is 28.7 Å². The van der Waals surface area contributed by atoms with E-state index in [1.54, 1.807) is 48.0 Å². The zero-order valence-corrected chi connectivity index (χ0v) is 23.4. The van der Waals surface area contributed by atoms with E-state index in [4.69, 9.17) is 4.74 Å². The molecule has 0 saturated carbocycles. The molecule has 3 aliphatic heterocycles. The highest BCUT2D eigenvalue weighted by atomic mass is 32.2. The van der Waals surface area contributed by atoms with Gasteiger partial charge in [-0.3, -0.25) is 14.4 Å². The number of fused-ring (bicyclic) bond motifs is 1. The summed E-state index contributed by atoms with van der Waals surface area (Å²) in [5.74, 6) is -0.847. The topological polar surface area (TPSA) is 108 Å². The maximum absolute atomic E-state index is 14.2. The number of aliphatic hydroxyl groups is 1. The van der Waals surface area contributed by atoms with Crippen molar-refractivity contribution in [2.45, 2.75) is 61.7 Å². The second-order valence-corrected chi connectivity index (χ2v) is 12.8. The molecule has 2 aromatic rings. The molecule has 2 unspecified atom stereocenters. The van der Waals surface area contributed by atoms with E-state index in [0.717, 1.165) is 12.0 Å². The van der Waals surface area contributed by atoms with Gasteiger partial charge in [0.25, 0.3) is 0 Å². The number of nitrogens with zero attached hydrogens (tertiary/aromatic N) is 1. The Morgan fingerprint density at radius 1 is 1.13 bits per heavy atom. The summed E-state index contributed by atoms with van der Waals surface area (Å²) in [6.45, 7) is 4.22. The van der Waals surface area contributed by atoms with Crippen LogP contribution in [0.2, 0.25) is 0 Å². The van der Waals surface area contributed by atoms with Crippen molar-refractivity contribution in [2.75, 3.05) is 19.0 Å². The number of thioether (sulfide) groups is 1. The van der Waals surface area contributed by atoms with Crippen LogP contribution < -0.4 is 15.4 Å². The lowest BCUT2D eigenvalue weighted by atomic mass is 9.70. The molecule has 2 bridgehead atoms. The fraction of sp³-hybridized carbons (Fsp3) is 0.500. The molecule has 3 amide bonds. The molecule has 3 saturated heterocycles. The molecule has 0 radical (unpaired) electrons. The van der Waals surface area contributed by atoms with E-state index in [1.807, 2.05) is 44.2 Å². The number of rotatable bonds is 10. The van der Waals surface area contributed by atoms with Crippen molar-refractivity contribution in [3.05, 3.63) is 60.2 Å². The first-order valence-electron chi connectivity index (χ1n) is 13.7. The Hall–Kier alpha value is -3.04. The molecule has 208 valence electrons. The van der Waals surface area contributed by atoms with Gasteiger partial charge < -0.3 is 25.4 Å². The van der Waals surface area contributed by atoms with Crippen molar-refractivity contribution >= 4 is 35.2 Å². The molecule has 39 heavy (non-hydrogen) atoms. The first-order valence-corrected chi connectivity index (χ1v) is 14.5.